The van der Waals surface area contributed by atoms with Crippen molar-refractivity contribution in [3.8, 4) is 0 Å². The van der Waals surface area contributed by atoms with E-state index in [1.165, 1.54) is 0 Å². The van der Waals surface area contributed by atoms with Crippen molar-refractivity contribution in [3.63, 3.8) is 0 Å². The Bertz CT molecular complexity index is 1920. The first-order valence-corrected chi connectivity index (χ1v) is 20.9. The summed E-state index contributed by atoms with van der Waals surface area (Å²) in [6, 6.07) is 36.7. The fourth-order valence-electron chi connectivity index (χ4n) is 7.45. The lowest BCUT2D eigenvalue weighted by molar-refractivity contribution is -0.342. The van der Waals surface area contributed by atoms with E-state index < -0.39 is 76.9 Å². The highest BCUT2D eigenvalue weighted by Gasteiger charge is 2.58. The fourth-order valence-corrected chi connectivity index (χ4v) is 7.62. The maximum absolute atomic E-state index is 16.4. The first-order valence-electron chi connectivity index (χ1n) is 19.8. The Labute approximate surface area is 364 Å². The Morgan fingerprint density at radius 1 is 0.633 bits per heavy atom. The number of nitrogens with one attached hydrogen (secondary N) is 1. The molecule has 3 aliphatic rings. The molecule has 0 aromatic heterocycles. The van der Waals surface area contributed by atoms with Crippen molar-refractivity contribution < 1.29 is 51.8 Å². The summed E-state index contributed by atoms with van der Waals surface area (Å²) < 4.78 is 72.3. The Balaban J connectivity index is 1.23. The van der Waals surface area contributed by atoms with Crippen LogP contribution < -0.4 is 5.32 Å². The molecular formula is C45H49Cl3FNO10. The minimum atomic E-state index is -2.42. The van der Waals surface area contributed by atoms with E-state index >= 15 is 4.39 Å². The van der Waals surface area contributed by atoms with Gasteiger partial charge in [-0.3, -0.25) is 4.79 Å². The van der Waals surface area contributed by atoms with Gasteiger partial charge in [0.25, 0.3) is 9.70 Å². The molecule has 0 bridgehead atoms. The second-order valence-corrected chi connectivity index (χ2v) is 17.5. The molecule has 0 spiro atoms. The van der Waals surface area contributed by atoms with E-state index in [1.807, 2.05) is 135 Å². The van der Waals surface area contributed by atoms with Gasteiger partial charge in [0.1, 0.15) is 48.8 Å². The minimum Gasteiger partial charge on any atom is -0.374 e. The average molecular weight is 889 g/mol. The van der Waals surface area contributed by atoms with E-state index in [0.717, 1.165) is 22.3 Å². The molecule has 322 valence electrons. The highest BCUT2D eigenvalue weighted by Crippen LogP contribution is 2.41. The van der Waals surface area contributed by atoms with E-state index in [-0.39, 0.29) is 33.0 Å². The highest BCUT2D eigenvalue weighted by molar-refractivity contribution is 6.76. The number of ether oxygens (including phenoxy) is 9. The van der Waals surface area contributed by atoms with Crippen LogP contribution in [0.25, 0.3) is 0 Å². The third-order valence-corrected chi connectivity index (χ3v) is 10.8. The third-order valence-electron chi connectivity index (χ3n) is 10.3. The summed E-state index contributed by atoms with van der Waals surface area (Å²) in [5.41, 5.74) is 3.54. The summed E-state index contributed by atoms with van der Waals surface area (Å²) in [6.07, 6.45) is -9.82. The standard InChI is InChI=1S/C45H49Cl3FNO10/c1-44(2)59-37-34(28-53-24-30-17-9-4-10-18-30)57-42(40(39(37)60-44)55-26-32-21-13-6-14-22-32)58-36-33(27-52-23-29-15-7-3-8-16-29)56-41(49)35(50-43(51)45(46,47)48)38(36)54-25-31-19-11-5-12-20-31/h3-22,33-42H,23-28H2,1-2H3,(H,50,51)/t33-,34-,35-,36-,37+,38-,39+,40-,41?,42+/m1/s1. The monoisotopic (exact) mass is 887 g/mol. The molecule has 3 aliphatic heterocycles. The lowest BCUT2D eigenvalue weighted by atomic mass is 9.95. The van der Waals surface area contributed by atoms with Gasteiger partial charge in [-0.15, -0.1) is 0 Å². The largest absolute Gasteiger partial charge is 0.374 e. The predicted molar refractivity (Wildman–Crippen MR) is 222 cm³/mol. The van der Waals surface area contributed by atoms with Crippen molar-refractivity contribution >= 4 is 40.7 Å². The summed E-state index contributed by atoms with van der Waals surface area (Å²) in [4.78, 5) is 13.2. The van der Waals surface area contributed by atoms with Gasteiger partial charge >= 0.3 is 0 Å². The molecule has 7 rings (SSSR count). The second kappa shape index (κ2) is 20.8. The number of carbonyl (C=O) groups is 1. The van der Waals surface area contributed by atoms with Crippen LogP contribution in [0.3, 0.4) is 0 Å². The Morgan fingerprint density at radius 2 is 1.08 bits per heavy atom. The van der Waals surface area contributed by atoms with Crippen LogP contribution in [0.4, 0.5) is 4.39 Å². The molecule has 3 saturated heterocycles. The van der Waals surface area contributed by atoms with Crippen LogP contribution in [0.1, 0.15) is 36.1 Å². The smallest absolute Gasteiger partial charge is 0.272 e. The minimum absolute atomic E-state index is 0.00106. The molecule has 4 aromatic rings. The van der Waals surface area contributed by atoms with Gasteiger partial charge in [0.05, 0.1) is 39.6 Å². The number of benzene rings is 4. The molecule has 0 aliphatic carbocycles. The molecule has 1 unspecified atom stereocenters. The highest BCUT2D eigenvalue weighted by atomic mass is 35.6. The average Bonchev–Trinajstić information content (AvgIpc) is 3.57. The molecule has 0 saturated carbocycles. The summed E-state index contributed by atoms with van der Waals surface area (Å²) in [5.74, 6) is -2.10. The molecule has 3 fully saturated rings. The molecule has 15 heteroatoms. The van der Waals surface area contributed by atoms with Crippen molar-refractivity contribution in [2.75, 3.05) is 13.2 Å². The molecule has 1 amide bonds. The number of amides is 1. The van der Waals surface area contributed by atoms with Crippen LogP contribution in [0.15, 0.2) is 121 Å². The molecule has 10 atom stereocenters. The first kappa shape index (κ1) is 44.8. The van der Waals surface area contributed by atoms with Crippen molar-refractivity contribution in [2.45, 2.75) is 111 Å². The van der Waals surface area contributed by atoms with Crippen molar-refractivity contribution in [3.05, 3.63) is 144 Å². The number of hydrogen-bond donors (Lipinski definition) is 1. The zero-order valence-corrected chi connectivity index (χ0v) is 35.4. The van der Waals surface area contributed by atoms with Crippen LogP contribution in [0, 0.1) is 0 Å². The second-order valence-electron chi connectivity index (χ2n) is 15.3. The molecule has 11 nitrogen and oxygen atoms in total. The van der Waals surface area contributed by atoms with Crippen LogP contribution in [-0.4, -0.2) is 90.1 Å². The van der Waals surface area contributed by atoms with Gasteiger partial charge < -0.3 is 47.9 Å². The zero-order chi connectivity index (χ0) is 42.1. The van der Waals surface area contributed by atoms with Crippen LogP contribution >= 0.6 is 34.8 Å². The lowest BCUT2D eigenvalue weighted by Crippen LogP contribution is -2.67. The van der Waals surface area contributed by atoms with Gasteiger partial charge in [-0.25, -0.2) is 4.39 Å². The van der Waals surface area contributed by atoms with Crippen LogP contribution in [0.2, 0.25) is 0 Å². The number of alkyl halides is 4. The van der Waals surface area contributed by atoms with Crippen molar-refractivity contribution in [2.24, 2.45) is 0 Å². The van der Waals surface area contributed by atoms with Gasteiger partial charge in [0.2, 0.25) is 6.36 Å². The summed E-state index contributed by atoms with van der Waals surface area (Å²) in [5, 5.41) is 2.51. The van der Waals surface area contributed by atoms with E-state index in [4.69, 9.17) is 77.4 Å². The van der Waals surface area contributed by atoms with Crippen LogP contribution in [-0.2, 0) is 73.9 Å². The van der Waals surface area contributed by atoms with Gasteiger partial charge in [-0.1, -0.05) is 156 Å². The Morgan fingerprint density at radius 3 is 1.58 bits per heavy atom. The summed E-state index contributed by atoms with van der Waals surface area (Å²) in [6.45, 7) is 4.29. The maximum Gasteiger partial charge on any atom is 0.272 e. The lowest BCUT2D eigenvalue weighted by Gasteiger charge is -2.48. The van der Waals surface area contributed by atoms with E-state index in [1.54, 1.807) is 0 Å². The molecule has 3 heterocycles. The molecule has 60 heavy (non-hydrogen) atoms. The fraction of sp³-hybridized carbons (Fsp3) is 0.444. The van der Waals surface area contributed by atoms with Gasteiger partial charge in [0.15, 0.2) is 12.1 Å². The normalized spacial score (nSPS) is 28.8. The number of hydrogen-bond acceptors (Lipinski definition) is 10. The number of halogens is 4. The van der Waals surface area contributed by atoms with Gasteiger partial charge in [-0.05, 0) is 36.1 Å². The van der Waals surface area contributed by atoms with Gasteiger partial charge in [-0.2, -0.15) is 0 Å². The molecule has 1 N–H and O–H groups in total. The van der Waals surface area contributed by atoms with Crippen LogP contribution in [0.5, 0.6) is 0 Å². The third kappa shape index (κ3) is 12.0. The van der Waals surface area contributed by atoms with E-state index in [0.29, 0.717) is 6.61 Å². The molecular weight excluding hydrogens is 840 g/mol. The maximum atomic E-state index is 16.4. The number of carbonyl (C=O) groups excluding carboxylic acids is 1. The Hall–Kier alpha value is -3.21. The Kier molecular flexibility index (Phi) is 15.5. The summed E-state index contributed by atoms with van der Waals surface area (Å²) in [7, 11) is 0. The quantitative estimate of drug-likeness (QED) is 0.106. The number of fused-ring (bicyclic) bond motifs is 1. The predicted octanol–water partition coefficient (Wildman–Crippen LogP) is 7.77. The number of rotatable bonds is 17. The zero-order valence-electron chi connectivity index (χ0n) is 33.2. The molecule has 4 aromatic carbocycles. The van der Waals surface area contributed by atoms with Gasteiger partial charge in [0, 0.05) is 0 Å². The van der Waals surface area contributed by atoms with E-state index in [2.05, 4.69) is 5.32 Å². The van der Waals surface area contributed by atoms with Crippen molar-refractivity contribution in [1.29, 1.82) is 0 Å². The van der Waals surface area contributed by atoms with Crippen molar-refractivity contribution in [1.82, 2.24) is 5.32 Å². The molecule has 0 radical (unpaired) electrons. The SMILES string of the molecule is CC1(C)O[C@H]2[C@@H](O1)[C@@H](COCc1ccccc1)O[C@@H](O[C@H]1[C@H](OCc3ccccc3)[C@@H](NC(=O)C(Cl)(Cl)Cl)C(F)O[C@@H]1COCc1ccccc1)[C@@H]2OCc1ccccc1. The topological polar surface area (TPSA) is 112 Å². The first-order chi connectivity index (χ1) is 28.9. The summed E-state index contributed by atoms with van der Waals surface area (Å²) >= 11 is 18.0. The van der Waals surface area contributed by atoms with E-state index in [9.17, 15) is 4.79 Å².